The second kappa shape index (κ2) is 3.32. The summed E-state index contributed by atoms with van der Waals surface area (Å²) < 4.78 is 10.8. The quantitative estimate of drug-likeness (QED) is 0.663. The van der Waals surface area contributed by atoms with E-state index in [0.29, 0.717) is 5.03 Å². The number of nitrogens with zero attached hydrogens (tertiary/aromatic N) is 2. The van der Waals surface area contributed by atoms with E-state index in [1.807, 2.05) is 0 Å². The summed E-state index contributed by atoms with van der Waals surface area (Å²) in [6.07, 6.45) is 4.46. The summed E-state index contributed by atoms with van der Waals surface area (Å²) in [5.74, 6) is 0. The Balaban J connectivity index is 2.74. The molecule has 60 valence electrons. The summed E-state index contributed by atoms with van der Waals surface area (Å²) in [6.45, 7) is -3.07. The second-order valence-electron chi connectivity index (χ2n) is 1.78. The molecule has 0 spiro atoms. The monoisotopic (exact) mass is 190 g/mol. The lowest BCUT2D eigenvalue weighted by Gasteiger charge is -2.02. The van der Waals surface area contributed by atoms with Gasteiger partial charge in [0.1, 0.15) is 5.03 Å². The van der Waals surface area contributed by atoms with Gasteiger partial charge in [-0.25, -0.2) is 4.98 Å². The molecule has 1 rings (SSSR count). The van der Waals surface area contributed by atoms with Crippen LogP contribution in [0.4, 0.5) is 0 Å². The maximum absolute atomic E-state index is 10.8. The molecular formula is C4H7N4OPS. The molecule has 0 bridgehead atoms. The van der Waals surface area contributed by atoms with E-state index in [-0.39, 0.29) is 0 Å². The molecule has 0 saturated heterocycles. The predicted octanol–water partition coefficient (Wildman–Crippen LogP) is 0.594. The van der Waals surface area contributed by atoms with Gasteiger partial charge >= 0.3 is 0 Å². The first kappa shape index (κ1) is 8.67. The van der Waals surface area contributed by atoms with Crippen molar-refractivity contribution in [3.05, 3.63) is 18.6 Å². The van der Waals surface area contributed by atoms with Gasteiger partial charge in [-0.05, 0) is 11.4 Å². The van der Waals surface area contributed by atoms with Crippen molar-refractivity contribution in [2.24, 2.45) is 11.0 Å². The van der Waals surface area contributed by atoms with Crippen molar-refractivity contribution in [1.29, 1.82) is 0 Å². The topological polar surface area (TPSA) is 94.9 Å². The average molecular weight is 190 g/mol. The van der Waals surface area contributed by atoms with Crippen molar-refractivity contribution in [2.75, 3.05) is 0 Å². The van der Waals surface area contributed by atoms with Crippen LogP contribution in [0.3, 0.4) is 0 Å². The summed E-state index contributed by atoms with van der Waals surface area (Å²) in [5, 5.41) is 0.473. The SMILES string of the molecule is NP(N)(=O)Sc1cnccn1. The van der Waals surface area contributed by atoms with Crippen LogP contribution in [0.5, 0.6) is 0 Å². The molecule has 0 aromatic carbocycles. The molecule has 0 saturated carbocycles. The van der Waals surface area contributed by atoms with Gasteiger partial charge in [0.05, 0.1) is 6.20 Å². The Labute approximate surface area is 67.8 Å². The van der Waals surface area contributed by atoms with Gasteiger partial charge in [-0.3, -0.25) is 20.6 Å². The van der Waals surface area contributed by atoms with E-state index in [0.717, 1.165) is 11.4 Å². The van der Waals surface area contributed by atoms with E-state index in [9.17, 15) is 4.57 Å². The van der Waals surface area contributed by atoms with Gasteiger partial charge in [-0.1, -0.05) is 0 Å². The van der Waals surface area contributed by atoms with Crippen LogP contribution in [0.15, 0.2) is 23.6 Å². The molecular weight excluding hydrogens is 183 g/mol. The molecule has 0 aliphatic heterocycles. The molecule has 0 atom stereocenters. The fourth-order valence-electron chi connectivity index (χ4n) is 0.479. The summed E-state index contributed by atoms with van der Waals surface area (Å²) in [6, 6.07) is 0. The normalized spacial score (nSPS) is 11.5. The Morgan fingerprint density at radius 2 is 2.18 bits per heavy atom. The maximum Gasteiger partial charge on any atom is 0.267 e. The minimum atomic E-state index is -3.07. The molecule has 0 radical (unpaired) electrons. The highest BCUT2D eigenvalue weighted by atomic mass is 32.7. The molecule has 1 aromatic rings. The second-order valence-corrected chi connectivity index (χ2v) is 5.93. The lowest BCUT2D eigenvalue weighted by atomic mass is 10.8. The van der Waals surface area contributed by atoms with E-state index in [2.05, 4.69) is 9.97 Å². The summed E-state index contributed by atoms with van der Waals surface area (Å²) in [7, 11) is 0. The van der Waals surface area contributed by atoms with Crippen LogP contribution in [0.1, 0.15) is 0 Å². The molecule has 1 aromatic heterocycles. The van der Waals surface area contributed by atoms with Crippen LogP contribution in [0, 0.1) is 0 Å². The molecule has 7 heteroatoms. The smallest absolute Gasteiger partial charge is 0.267 e. The first-order chi connectivity index (χ1) is 5.08. The van der Waals surface area contributed by atoms with Crippen molar-refractivity contribution in [3.63, 3.8) is 0 Å². The van der Waals surface area contributed by atoms with Crippen LogP contribution < -0.4 is 11.0 Å². The zero-order chi connectivity index (χ0) is 8.32. The fourth-order valence-corrected chi connectivity index (χ4v) is 2.15. The Kier molecular flexibility index (Phi) is 2.62. The summed E-state index contributed by atoms with van der Waals surface area (Å²) in [4.78, 5) is 7.59. The molecule has 0 aliphatic carbocycles. The van der Waals surface area contributed by atoms with Crippen molar-refractivity contribution in [3.8, 4) is 0 Å². The van der Waals surface area contributed by atoms with E-state index in [1.165, 1.54) is 18.6 Å². The minimum Gasteiger partial charge on any atom is -0.277 e. The van der Waals surface area contributed by atoms with Crippen molar-refractivity contribution >= 4 is 18.0 Å². The number of aromatic nitrogens is 2. The van der Waals surface area contributed by atoms with Gasteiger partial charge in [0.2, 0.25) is 0 Å². The zero-order valence-corrected chi connectivity index (χ0v) is 7.26. The Hall–Kier alpha value is -0.420. The maximum atomic E-state index is 10.8. The third-order valence-corrected chi connectivity index (χ3v) is 2.88. The largest absolute Gasteiger partial charge is 0.277 e. The Bertz CT molecular complexity index is 273. The standard InChI is InChI=1S/C4H7N4OPS/c5-10(6,9)11-4-3-7-1-2-8-4/h1-3H,(H4,5,6,9). The van der Waals surface area contributed by atoms with Crippen LogP contribution in [0.25, 0.3) is 0 Å². The molecule has 0 amide bonds. The van der Waals surface area contributed by atoms with Gasteiger partial charge in [0, 0.05) is 12.4 Å². The van der Waals surface area contributed by atoms with Crippen LogP contribution in [0.2, 0.25) is 0 Å². The lowest BCUT2D eigenvalue weighted by Crippen LogP contribution is -2.00. The number of nitrogens with two attached hydrogens (primary N) is 2. The van der Waals surface area contributed by atoms with E-state index in [4.69, 9.17) is 11.0 Å². The Morgan fingerprint density at radius 3 is 2.64 bits per heavy atom. The average Bonchev–Trinajstić information content (AvgIpc) is 1.85. The van der Waals surface area contributed by atoms with Gasteiger partial charge in [-0.2, -0.15) is 0 Å². The molecule has 0 fully saturated rings. The van der Waals surface area contributed by atoms with E-state index in [1.54, 1.807) is 0 Å². The fraction of sp³-hybridized carbons (Fsp3) is 0. The van der Waals surface area contributed by atoms with Crippen LogP contribution in [-0.2, 0) is 4.57 Å². The van der Waals surface area contributed by atoms with Gasteiger partial charge in [0.15, 0.2) is 0 Å². The van der Waals surface area contributed by atoms with E-state index < -0.39 is 6.65 Å². The number of rotatable bonds is 2. The van der Waals surface area contributed by atoms with Crippen molar-refractivity contribution in [2.45, 2.75) is 5.03 Å². The summed E-state index contributed by atoms with van der Waals surface area (Å²) in [5.41, 5.74) is 10.2. The highest BCUT2D eigenvalue weighted by Crippen LogP contribution is 2.46. The highest BCUT2D eigenvalue weighted by Gasteiger charge is 2.11. The molecule has 5 nitrogen and oxygen atoms in total. The molecule has 11 heavy (non-hydrogen) atoms. The third-order valence-electron chi connectivity index (χ3n) is 0.776. The molecule has 4 N–H and O–H groups in total. The van der Waals surface area contributed by atoms with Gasteiger partial charge in [-0.15, -0.1) is 0 Å². The lowest BCUT2D eigenvalue weighted by molar-refractivity contribution is 0.586. The molecule has 0 aliphatic rings. The number of hydrogen-bond donors (Lipinski definition) is 2. The molecule has 1 heterocycles. The third kappa shape index (κ3) is 3.48. The predicted molar refractivity (Wildman–Crippen MR) is 43.9 cm³/mol. The van der Waals surface area contributed by atoms with Crippen molar-refractivity contribution < 1.29 is 4.57 Å². The van der Waals surface area contributed by atoms with Crippen molar-refractivity contribution in [1.82, 2.24) is 9.97 Å². The van der Waals surface area contributed by atoms with Gasteiger partial charge in [0.25, 0.3) is 6.65 Å². The zero-order valence-electron chi connectivity index (χ0n) is 5.54. The molecule has 0 unspecified atom stereocenters. The number of hydrogen-bond acceptors (Lipinski definition) is 4. The highest BCUT2D eigenvalue weighted by molar-refractivity contribution is 8.56. The Morgan fingerprint density at radius 1 is 1.45 bits per heavy atom. The van der Waals surface area contributed by atoms with Crippen LogP contribution in [-0.4, -0.2) is 9.97 Å². The van der Waals surface area contributed by atoms with E-state index >= 15 is 0 Å². The first-order valence-electron chi connectivity index (χ1n) is 2.71. The van der Waals surface area contributed by atoms with Crippen LogP contribution >= 0.6 is 18.0 Å². The minimum absolute atomic E-state index is 0.473. The first-order valence-corrected chi connectivity index (χ1v) is 5.97. The van der Waals surface area contributed by atoms with Gasteiger partial charge < -0.3 is 0 Å². The summed E-state index contributed by atoms with van der Waals surface area (Å²) >= 11 is 0.838.